The Morgan fingerprint density at radius 3 is 3.24 bits per heavy atom. The molecule has 2 atom stereocenters. The molecule has 94 valence electrons. The summed E-state index contributed by atoms with van der Waals surface area (Å²) in [6.07, 6.45) is 2.54. The van der Waals surface area contributed by atoms with E-state index >= 15 is 0 Å². The van der Waals surface area contributed by atoms with Crippen molar-refractivity contribution in [1.29, 1.82) is 0 Å². The molecule has 1 aromatic heterocycles. The van der Waals surface area contributed by atoms with Crippen LogP contribution in [0.4, 0.5) is 0 Å². The molecule has 1 aromatic rings. The highest BCUT2D eigenvalue weighted by Crippen LogP contribution is 2.32. The first-order valence-electron chi connectivity index (χ1n) is 6.31. The van der Waals surface area contributed by atoms with Crippen molar-refractivity contribution in [2.24, 2.45) is 0 Å². The summed E-state index contributed by atoms with van der Waals surface area (Å²) in [6.45, 7) is 2.34. The van der Waals surface area contributed by atoms with Crippen LogP contribution < -0.4 is 5.32 Å². The van der Waals surface area contributed by atoms with E-state index in [4.69, 9.17) is 4.98 Å². The molecular weight excluding hydrogens is 250 g/mol. The van der Waals surface area contributed by atoms with Gasteiger partial charge in [-0.1, -0.05) is 0 Å². The summed E-state index contributed by atoms with van der Waals surface area (Å²) in [5.41, 5.74) is 1.27. The normalized spacial score (nSPS) is 30.9. The van der Waals surface area contributed by atoms with E-state index in [-0.39, 0.29) is 0 Å². The topological polar surface area (TPSA) is 28.2 Å². The Morgan fingerprint density at radius 2 is 2.47 bits per heavy atom. The van der Waals surface area contributed by atoms with Gasteiger partial charge in [-0.2, -0.15) is 11.8 Å². The molecule has 3 heterocycles. The molecule has 0 saturated carbocycles. The van der Waals surface area contributed by atoms with E-state index in [0.717, 1.165) is 6.54 Å². The average Bonchev–Trinajstić information content (AvgIpc) is 3.00. The first-order valence-corrected chi connectivity index (χ1v) is 8.35. The van der Waals surface area contributed by atoms with Crippen molar-refractivity contribution in [3.05, 3.63) is 16.1 Å². The van der Waals surface area contributed by atoms with Crippen LogP contribution in [0.1, 0.15) is 35.6 Å². The van der Waals surface area contributed by atoms with Crippen LogP contribution in [0.15, 0.2) is 5.38 Å². The van der Waals surface area contributed by atoms with Gasteiger partial charge in [0.25, 0.3) is 0 Å². The number of aromatic nitrogens is 1. The Balaban J connectivity index is 1.74. The zero-order valence-electron chi connectivity index (χ0n) is 10.2. The predicted molar refractivity (Wildman–Crippen MR) is 74.8 cm³/mol. The highest BCUT2D eigenvalue weighted by atomic mass is 32.2. The Hall–Kier alpha value is -0.100. The smallest absolute Gasteiger partial charge is 0.111 e. The zero-order valence-corrected chi connectivity index (χ0v) is 11.8. The van der Waals surface area contributed by atoms with E-state index in [1.807, 2.05) is 11.3 Å². The van der Waals surface area contributed by atoms with Crippen LogP contribution in [-0.4, -0.2) is 41.5 Å². The zero-order chi connectivity index (χ0) is 11.7. The molecule has 3 rings (SSSR count). The van der Waals surface area contributed by atoms with Gasteiger partial charge in [0.1, 0.15) is 5.01 Å². The van der Waals surface area contributed by atoms with E-state index in [1.165, 1.54) is 41.6 Å². The summed E-state index contributed by atoms with van der Waals surface area (Å²) in [6, 6.07) is 1.05. The molecule has 5 heteroatoms. The molecule has 0 amide bonds. The average molecular weight is 269 g/mol. The van der Waals surface area contributed by atoms with Crippen molar-refractivity contribution in [2.45, 2.75) is 24.9 Å². The Morgan fingerprint density at radius 1 is 1.53 bits per heavy atom. The molecular formula is C12H19N3S2. The summed E-state index contributed by atoms with van der Waals surface area (Å²) < 4.78 is 0. The molecule has 1 N–H and O–H groups in total. The van der Waals surface area contributed by atoms with Gasteiger partial charge in [0.15, 0.2) is 0 Å². The van der Waals surface area contributed by atoms with Gasteiger partial charge >= 0.3 is 0 Å². The monoisotopic (exact) mass is 269 g/mol. The molecule has 17 heavy (non-hydrogen) atoms. The van der Waals surface area contributed by atoms with E-state index in [1.54, 1.807) is 0 Å². The molecule has 2 unspecified atom stereocenters. The predicted octanol–water partition coefficient (Wildman–Crippen LogP) is 2.29. The van der Waals surface area contributed by atoms with E-state index in [9.17, 15) is 0 Å². The number of thiazole rings is 1. The van der Waals surface area contributed by atoms with Crippen molar-refractivity contribution < 1.29 is 0 Å². The molecule has 0 aliphatic carbocycles. The van der Waals surface area contributed by atoms with Crippen molar-refractivity contribution in [3.63, 3.8) is 0 Å². The lowest BCUT2D eigenvalue weighted by Crippen LogP contribution is -2.32. The largest absolute Gasteiger partial charge is 0.309 e. The lowest BCUT2D eigenvalue weighted by atomic mass is 10.2. The molecule has 0 bridgehead atoms. The maximum atomic E-state index is 4.87. The van der Waals surface area contributed by atoms with Crippen LogP contribution in [0.5, 0.6) is 0 Å². The second kappa shape index (κ2) is 5.26. The molecule has 3 nitrogen and oxygen atoms in total. The highest BCUT2D eigenvalue weighted by molar-refractivity contribution is 7.99. The van der Waals surface area contributed by atoms with Gasteiger partial charge in [-0.05, 0) is 26.4 Å². The van der Waals surface area contributed by atoms with Gasteiger partial charge in [-0.3, -0.25) is 4.90 Å². The molecule has 0 aromatic carbocycles. The van der Waals surface area contributed by atoms with Gasteiger partial charge in [-0.15, -0.1) is 11.3 Å². The van der Waals surface area contributed by atoms with E-state index < -0.39 is 0 Å². The Bertz CT molecular complexity index is 374. The fourth-order valence-corrected chi connectivity index (χ4v) is 4.86. The molecule has 0 spiro atoms. The van der Waals surface area contributed by atoms with Crippen LogP contribution in [0.3, 0.4) is 0 Å². The minimum absolute atomic E-state index is 0.515. The van der Waals surface area contributed by atoms with Crippen LogP contribution >= 0.6 is 23.1 Å². The van der Waals surface area contributed by atoms with Gasteiger partial charge < -0.3 is 5.32 Å². The number of thioether (sulfide) groups is 1. The van der Waals surface area contributed by atoms with Crippen LogP contribution in [0, 0.1) is 0 Å². The van der Waals surface area contributed by atoms with Crippen molar-refractivity contribution >= 4 is 23.1 Å². The fraction of sp³-hybridized carbons (Fsp3) is 0.750. The Labute approximate surface area is 111 Å². The van der Waals surface area contributed by atoms with Crippen LogP contribution in [0.25, 0.3) is 0 Å². The summed E-state index contributed by atoms with van der Waals surface area (Å²) in [5.74, 6) is 2.46. The summed E-state index contributed by atoms with van der Waals surface area (Å²) in [7, 11) is 2.22. The first-order chi connectivity index (χ1) is 8.34. The standard InChI is InChI=1S/C12H19N3S2/c1-15-5-6-16-8-11(15)12-14-10(7-17-12)9-3-2-4-13-9/h7,9,11,13H,2-6,8H2,1H3. The molecule has 2 aliphatic rings. The maximum absolute atomic E-state index is 4.87. The lowest BCUT2D eigenvalue weighted by molar-refractivity contribution is 0.273. The van der Waals surface area contributed by atoms with Gasteiger partial charge in [0, 0.05) is 23.4 Å². The number of rotatable bonds is 2. The highest BCUT2D eigenvalue weighted by Gasteiger charge is 2.26. The summed E-state index contributed by atoms with van der Waals surface area (Å²) >= 11 is 3.89. The minimum Gasteiger partial charge on any atom is -0.309 e. The van der Waals surface area contributed by atoms with Gasteiger partial charge in [-0.25, -0.2) is 4.98 Å². The van der Waals surface area contributed by atoms with Crippen molar-refractivity contribution in [1.82, 2.24) is 15.2 Å². The summed E-state index contributed by atoms with van der Waals surface area (Å²) in [4.78, 5) is 7.31. The first kappa shape index (κ1) is 12.0. The van der Waals surface area contributed by atoms with Crippen LogP contribution in [-0.2, 0) is 0 Å². The minimum atomic E-state index is 0.515. The molecule has 0 radical (unpaired) electrons. The second-order valence-corrected chi connectivity index (χ2v) is 6.87. The molecule has 2 aliphatic heterocycles. The lowest BCUT2D eigenvalue weighted by Gasteiger charge is -2.30. The Kier molecular flexibility index (Phi) is 3.70. The van der Waals surface area contributed by atoms with Gasteiger partial charge in [0.2, 0.25) is 0 Å². The third-order valence-corrected chi connectivity index (χ3v) is 5.63. The summed E-state index contributed by atoms with van der Waals surface area (Å²) in [5, 5.41) is 7.09. The number of hydrogen-bond acceptors (Lipinski definition) is 5. The quantitative estimate of drug-likeness (QED) is 0.891. The second-order valence-electron chi connectivity index (χ2n) is 4.83. The number of nitrogens with one attached hydrogen (secondary N) is 1. The van der Waals surface area contributed by atoms with Crippen molar-refractivity contribution in [3.8, 4) is 0 Å². The number of nitrogens with zero attached hydrogens (tertiary/aromatic N) is 2. The van der Waals surface area contributed by atoms with Gasteiger partial charge in [0.05, 0.1) is 17.8 Å². The number of hydrogen-bond donors (Lipinski definition) is 1. The van der Waals surface area contributed by atoms with E-state index in [2.05, 4.69) is 34.4 Å². The SMILES string of the molecule is CN1CCSCC1c1nc(C2CCCN2)cs1. The van der Waals surface area contributed by atoms with Crippen LogP contribution in [0.2, 0.25) is 0 Å². The third kappa shape index (κ3) is 2.52. The maximum Gasteiger partial charge on any atom is 0.111 e. The molecule has 2 fully saturated rings. The van der Waals surface area contributed by atoms with Crippen molar-refractivity contribution in [2.75, 3.05) is 31.6 Å². The fourth-order valence-electron chi connectivity index (χ4n) is 2.50. The third-order valence-electron chi connectivity index (χ3n) is 3.64. The molecule has 2 saturated heterocycles. The van der Waals surface area contributed by atoms with E-state index in [0.29, 0.717) is 12.1 Å².